The molecule has 0 spiro atoms. The van der Waals surface area contributed by atoms with Crippen LogP contribution in [-0.2, 0) is 9.09 Å². The number of hydrogen-bond acceptors (Lipinski definition) is 3. The molecule has 0 aromatic rings. The monoisotopic (exact) mass is 219 g/mol. The lowest BCUT2D eigenvalue weighted by atomic mass is 9.98. The van der Waals surface area contributed by atoms with Crippen molar-refractivity contribution in [2.45, 2.75) is 32.7 Å². The van der Waals surface area contributed by atoms with E-state index >= 15 is 0 Å². The summed E-state index contributed by atoms with van der Waals surface area (Å²) in [5.41, 5.74) is 0. The van der Waals surface area contributed by atoms with Gasteiger partial charge in [0.2, 0.25) is 0 Å². The van der Waals surface area contributed by atoms with E-state index in [4.69, 9.17) is 4.52 Å². The molecule has 0 aromatic carbocycles. The van der Waals surface area contributed by atoms with Gasteiger partial charge in [-0.05, 0) is 39.2 Å². The van der Waals surface area contributed by atoms with Crippen LogP contribution < -0.4 is 0 Å². The van der Waals surface area contributed by atoms with Crippen LogP contribution in [0.15, 0.2) is 0 Å². The first-order valence-corrected chi connectivity index (χ1v) is 7.28. The van der Waals surface area contributed by atoms with Crippen molar-refractivity contribution in [2.24, 2.45) is 5.92 Å². The van der Waals surface area contributed by atoms with E-state index in [0.29, 0.717) is 18.6 Å². The van der Waals surface area contributed by atoms with Crippen molar-refractivity contribution < 1.29 is 9.09 Å². The Balaban J connectivity index is 2.29. The summed E-state index contributed by atoms with van der Waals surface area (Å²) in [6, 6.07) is 0.622. The summed E-state index contributed by atoms with van der Waals surface area (Å²) in [4.78, 5) is 2.48. The van der Waals surface area contributed by atoms with Gasteiger partial charge in [0.1, 0.15) is 0 Å². The third-order valence-corrected chi connectivity index (χ3v) is 3.38. The molecule has 0 aliphatic carbocycles. The molecule has 1 aliphatic rings. The molecular weight excluding hydrogens is 197 g/mol. The average molecular weight is 219 g/mol. The van der Waals surface area contributed by atoms with Gasteiger partial charge in [-0.3, -0.25) is 4.57 Å². The minimum absolute atomic E-state index is 0.583. The van der Waals surface area contributed by atoms with Gasteiger partial charge >= 0.3 is 0 Å². The lowest BCUT2D eigenvalue weighted by Gasteiger charge is -2.35. The van der Waals surface area contributed by atoms with Crippen LogP contribution in [0.5, 0.6) is 0 Å². The maximum atomic E-state index is 10.9. The Morgan fingerprint density at radius 3 is 2.86 bits per heavy atom. The normalized spacial score (nSPS) is 26.7. The van der Waals surface area contributed by atoms with Crippen molar-refractivity contribution in [2.75, 3.05) is 26.4 Å². The molecule has 0 amide bonds. The van der Waals surface area contributed by atoms with E-state index in [-0.39, 0.29) is 0 Å². The van der Waals surface area contributed by atoms with Gasteiger partial charge in [-0.1, -0.05) is 0 Å². The Morgan fingerprint density at radius 2 is 2.29 bits per heavy atom. The summed E-state index contributed by atoms with van der Waals surface area (Å²) < 4.78 is 16.1. The van der Waals surface area contributed by atoms with E-state index in [1.54, 1.807) is 6.66 Å². The Bertz CT molecular complexity index is 197. The van der Waals surface area contributed by atoms with E-state index in [1.165, 1.54) is 19.4 Å². The number of hydrogen-bond donors (Lipinski definition) is 0. The standard InChI is InChI=1S/C10H22NO2P/c1-9(2)11-6-4-5-10(7-11)8-13-14(3)12/h9-10,14H,4-8H2,1-3H3. The summed E-state index contributed by atoms with van der Waals surface area (Å²) in [7, 11) is -1.74. The Labute approximate surface area is 87.7 Å². The minimum Gasteiger partial charge on any atom is -0.330 e. The van der Waals surface area contributed by atoms with Crippen LogP contribution in [0.3, 0.4) is 0 Å². The third-order valence-electron chi connectivity index (χ3n) is 2.80. The predicted molar refractivity (Wildman–Crippen MR) is 60.3 cm³/mol. The zero-order chi connectivity index (χ0) is 10.6. The van der Waals surface area contributed by atoms with E-state index in [0.717, 1.165) is 6.54 Å². The van der Waals surface area contributed by atoms with E-state index in [9.17, 15) is 4.57 Å². The highest BCUT2D eigenvalue weighted by Gasteiger charge is 2.21. The Kier molecular flexibility index (Phi) is 5.14. The van der Waals surface area contributed by atoms with Crippen molar-refractivity contribution in [3.8, 4) is 0 Å². The quantitative estimate of drug-likeness (QED) is 0.679. The molecule has 0 radical (unpaired) electrons. The minimum atomic E-state index is -1.74. The molecule has 3 nitrogen and oxygen atoms in total. The number of rotatable bonds is 4. The first kappa shape index (κ1) is 12.2. The summed E-state index contributed by atoms with van der Waals surface area (Å²) in [5, 5.41) is 0. The summed E-state index contributed by atoms with van der Waals surface area (Å²) in [6.45, 7) is 9.10. The van der Waals surface area contributed by atoms with Crippen LogP contribution in [-0.4, -0.2) is 37.3 Å². The molecule has 0 bridgehead atoms. The van der Waals surface area contributed by atoms with Crippen molar-refractivity contribution in [1.29, 1.82) is 0 Å². The molecule has 4 heteroatoms. The van der Waals surface area contributed by atoms with Crippen LogP contribution in [0, 0.1) is 5.92 Å². The summed E-state index contributed by atoms with van der Waals surface area (Å²) in [5.74, 6) is 0.583. The average Bonchev–Trinajstić information content (AvgIpc) is 2.15. The number of piperidine rings is 1. The molecule has 14 heavy (non-hydrogen) atoms. The molecule has 84 valence electrons. The third kappa shape index (κ3) is 4.12. The van der Waals surface area contributed by atoms with E-state index < -0.39 is 8.03 Å². The second-order valence-electron chi connectivity index (χ2n) is 4.40. The van der Waals surface area contributed by atoms with Gasteiger partial charge in [0, 0.05) is 19.3 Å². The highest BCUT2D eigenvalue weighted by atomic mass is 31.1. The van der Waals surface area contributed by atoms with Crippen molar-refractivity contribution in [3.05, 3.63) is 0 Å². The Hall–Kier alpha value is 0.150. The molecule has 2 atom stereocenters. The van der Waals surface area contributed by atoms with Gasteiger partial charge in [-0.2, -0.15) is 0 Å². The molecule has 1 aliphatic heterocycles. The molecule has 0 N–H and O–H groups in total. The molecule has 0 aromatic heterocycles. The molecule has 1 rings (SSSR count). The smallest absolute Gasteiger partial charge is 0.188 e. The van der Waals surface area contributed by atoms with Gasteiger partial charge in [-0.25, -0.2) is 0 Å². The van der Waals surface area contributed by atoms with Crippen LogP contribution in [0.25, 0.3) is 0 Å². The zero-order valence-corrected chi connectivity index (χ0v) is 10.5. The van der Waals surface area contributed by atoms with Crippen LogP contribution in [0.4, 0.5) is 0 Å². The molecular formula is C10H22NO2P. The first-order valence-electron chi connectivity index (χ1n) is 5.47. The predicted octanol–water partition coefficient (Wildman–Crippen LogP) is 2.23. The Morgan fingerprint density at radius 1 is 1.57 bits per heavy atom. The molecule has 1 saturated heterocycles. The molecule has 1 fully saturated rings. The van der Waals surface area contributed by atoms with Gasteiger partial charge in [0.15, 0.2) is 8.03 Å². The largest absolute Gasteiger partial charge is 0.330 e. The zero-order valence-electron chi connectivity index (χ0n) is 9.45. The fraction of sp³-hybridized carbons (Fsp3) is 1.00. The van der Waals surface area contributed by atoms with E-state index in [1.807, 2.05) is 0 Å². The van der Waals surface area contributed by atoms with Crippen molar-refractivity contribution in [3.63, 3.8) is 0 Å². The highest BCUT2D eigenvalue weighted by molar-refractivity contribution is 7.38. The molecule has 0 saturated carbocycles. The van der Waals surface area contributed by atoms with E-state index in [2.05, 4.69) is 18.7 Å². The summed E-state index contributed by atoms with van der Waals surface area (Å²) >= 11 is 0. The second kappa shape index (κ2) is 5.89. The number of likely N-dealkylation sites (tertiary alicyclic amines) is 1. The molecule has 2 unspecified atom stereocenters. The fourth-order valence-electron chi connectivity index (χ4n) is 1.94. The SMILES string of the molecule is CC(C)N1CCCC(CO[PH](C)=O)C1. The van der Waals surface area contributed by atoms with Crippen molar-refractivity contribution >= 4 is 8.03 Å². The number of nitrogens with zero attached hydrogens (tertiary/aromatic N) is 1. The van der Waals surface area contributed by atoms with Gasteiger partial charge in [-0.15, -0.1) is 0 Å². The fourth-order valence-corrected chi connectivity index (χ4v) is 2.41. The lowest BCUT2D eigenvalue weighted by Crippen LogP contribution is -2.41. The van der Waals surface area contributed by atoms with Gasteiger partial charge in [0.05, 0.1) is 6.61 Å². The lowest BCUT2D eigenvalue weighted by molar-refractivity contribution is 0.110. The van der Waals surface area contributed by atoms with Crippen LogP contribution in [0.2, 0.25) is 0 Å². The highest BCUT2D eigenvalue weighted by Crippen LogP contribution is 2.23. The first-order chi connectivity index (χ1) is 6.59. The summed E-state index contributed by atoms with van der Waals surface area (Å²) in [6.07, 6.45) is 2.47. The topological polar surface area (TPSA) is 29.5 Å². The van der Waals surface area contributed by atoms with Gasteiger partial charge < -0.3 is 9.42 Å². The maximum Gasteiger partial charge on any atom is 0.188 e. The van der Waals surface area contributed by atoms with Crippen LogP contribution in [0.1, 0.15) is 26.7 Å². The van der Waals surface area contributed by atoms with Crippen molar-refractivity contribution in [1.82, 2.24) is 4.90 Å². The second-order valence-corrected chi connectivity index (χ2v) is 5.67. The van der Waals surface area contributed by atoms with Gasteiger partial charge in [0.25, 0.3) is 0 Å². The maximum absolute atomic E-state index is 10.9. The van der Waals surface area contributed by atoms with Crippen LogP contribution >= 0.6 is 8.03 Å². The molecule has 1 heterocycles.